The Hall–Kier alpha value is -0.570. The first-order valence-corrected chi connectivity index (χ1v) is 6.32. The highest BCUT2D eigenvalue weighted by atomic mass is 16.2. The van der Waals surface area contributed by atoms with Crippen LogP contribution in [0, 0.1) is 0 Å². The third-order valence-electron chi connectivity index (χ3n) is 2.40. The number of nitrogens with one attached hydrogen (secondary N) is 1. The van der Waals surface area contributed by atoms with Crippen LogP contribution in [0.3, 0.4) is 0 Å². The van der Waals surface area contributed by atoms with Crippen molar-refractivity contribution in [2.75, 3.05) is 13.1 Å². The quantitative estimate of drug-likeness (QED) is 0.757. The van der Waals surface area contributed by atoms with E-state index in [9.17, 15) is 4.79 Å². The van der Waals surface area contributed by atoms with Gasteiger partial charge >= 0.3 is 0 Å². The molecule has 0 unspecified atom stereocenters. The molecule has 0 aromatic carbocycles. The summed E-state index contributed by atoms with van der Waals surface area (Å²) in [4.78, 5) is 13.9. The Morgan fingerprint density at radius 2 is 1.88 bits per heavy atom. The zero-order valence-electron chi connectivity index (χ0n) is 11.8. The van der Waals surface area contributed by atoms with Crippen molar-refractivity contribution in [3.63, 3.8) is 0 Å². The second-order valence-electron chi connectivity index (χ2n) is 5.61. The van der Waals surface area contributed by atoms with Gasteiger partial charge in [0, 0.05) is 31.1 Å². The smallest absolute Gasteiger partial charge is 0.224 e. The van der Waals surface area contributed by atoms with E-state index in [1.165, 1.54) is 0 Å². The largest absolute Gasteiger partial charge is 0.340 e. The Labute approximate surface area is 101 Å². The van der Waals surface area contributed by atoms with Crippen LogP contribution in [0.1, 0.15) is 54.4 Å². The summed E-state index contributed by atoms with van der Waals surface area (Å²) in [6.07, 6.45) is 1.62. The molecule has 0 bridgehead atoms. The minimum atomic E-state index is 0.0910. The van der Waals surface area contributed by atoms with E-state index in [1.807, 2.05) is 4.90 Å². The highest BCUT2D eigenvalue weighted by Crippen LogP contribution is 2.04. The molecule has 0 aliphatic carbocycles. The number of nitrogens with zero attached hydrogens (tertiary/aromatic N) is 1. The van der Waals surface area contributed by atoms with Gasteiger partial charge < -0.3 is 10.2 Å². The SMILES string of the molecule is CCCN(C(=O)CCNC(C)(C)C)C(C)C. The van der Waals surface area contributed by atoms with Gasteiger partial charge in [-0.25, -0.2) is 0 Å². The van der Waals surface area contributed by atoms with Crippen LogP contribution in [0.15, 0.2) is 0 Å². The molecule has 0 spiro atoms. The van der Waals surface area contributed by atoms with Crippen LogP contribution in [0.4, 0.5) is 0 Å². The van der Waals surface area contributed by atoms with Gasteiger partial charge in [-0.05, 0) is 41.0 Å². The van der Waals surface area contributed by atoms with Crippen LogP contribution in [-0.2, 0) is 4.79 Å². The summed E-state index contributed by atoms with van der Waals surface area (Å²) in [5.74, 6) is 0.258. The van der Waals surface area contributed by atoms with Crippen LogP contribution < -0.4 is 5.32 Å². The molecule has 1 N–H and O–H groups in total. The minimum absolute atomic E-state index is 0.0910. The van der Waals surface area contributed by atoms with Gasteiger partial charge in [0.2, 0.25) is 5.91 Å². The van der Waals surface area contributed by atoms with Gasteiger partial charge in [0.1, 0.15) is 0 Å². The Kier molecular flexibility index (Phi) is 6.65. The zero-order chi connectivity index (χ0) is 12.8. The number of hydrogen-bond donors (Lipinski definition) is 1. The maximum absolute atomic E-state index is 11.9. The van der Waals surface area contributed by atoms with Crippen molar-refractivity contribution < 1.29 is 4.79 Å². The van der Waals surface area contributed by atoms with Gasteiger partial charge in [-0.3, -0.25) is 4.79 Å². The molecular formula is C13H28N2O. The molecule has 3 heteroatoms. The van der Waals surface area contributed by atoms with E-state index >= 15 is 0 Å². The molecule has 0 saturated heterocycles. The van der Waals surface area contributed by atoms with Crippen LogP contribution >= 0.6 is 0 Å². The fourth-order valence-corrected chi connectivity index (χ4v) is 1.60. The third-order valence-corrected chi connectivity index (χ3v) is 2.40. The molecule has 0 aromatic rings. The summed E-state index contributed by atoms with van der Waals surface area (Å²) in [6.45, 7) is 14.2. The molecule has 0 fully saturated rings. The maximum atomic E-state index is 11.9. The summed E-state index contributed by atoms with van der Waals surface area (Å²) in [5.41, 5.74) is 0.0910. The Morgan fingerprint density at radius 1 is 1.31 bits per heavy atom. The van der Waals surface area contributed by atoms with Crippen molar-refractivity contribution in [1.29, 1.82) is 0 Å². The zero-order valence-corrected chi connectivity index (χ0v) is 11.8. The van der Waals surface area contributed by atoms with Gasteiger partial charge in [0.05, 0.1) is 0 Å². The summed E-state index contributed by atoms with van der Waals surface area (Å²) in [7, 11) is 0. The molecule has 0 aliphatic heterocycles. The lowest BCUT2D eigenvalue weighted by Gasteiger charge is -2.27. The molecule has 1 amide bonds. The third kappa shape index (κ3) is 6.83. The van der Waals surface area contributed by atoms with E-state index in [4.69, 9.17) is 0 Å². The lowest BCUT2D eigenvalue weighted by molar-refractivity contribution is -0.132. The number of carbonyl (C=O) groups is 1. The molecule has 0 aromatic heterocycles. The van der Waals surface area contributed by atoms with Crippen molar-refractivity contribution in [2.24, 2.45) is 0 Å². The number of rotatable bonds is 6. The molecular weight excluding hydrogens is 200 g/mol. The molecule has 0 saturated carbocycles. The van der Waals surface area contributed by atoms with Gasteiger partial charge in [0.25, 0.3) is 0 Å². The molecule has 96 valence electrons. The van der Waals surface area contributed by atoms with E-state index in [1.54, 1.807) is 0 Å². The minimum Gasteiger partial charge on any atom is -0.340 e. The average molecular weight is 228 g/mol. The summed E-state index contributed by atoms with van der Waals surface area (Å²) in [6, 6.07) is 0.307. The second-order valence-corrected chi connectivity index (χ2v) is 5.61. The fourth-order valence-electron chi connectivity index (χ4n) is 1.60. The van der Waals surface area contributed by atoms with E-state index in [2.05, 4.69) is 46.9 Å². The van der Waals surface area contributed by atoms with E-state index < -0.39 is 0 Å². The van der Waals surface area contributed by atoms with Crippen molar-refractivity contribution in [2.45, 2.75) is 66.0 Å². The standard InChI is InChI=1S/C13H28N2O/c1-7-10-15(11(2)3)12(16)8-9-14-13(4,5)6/h11,14H,7-10H2,1-6H3. The van der Waals surface area contributed by atoms with Gasteiger partial charge in [-0.2, -0.15) is 0 Å². The normalized spacial score (nSPS) is 11.9. The Morgan fingerprint density at radius 3 is 2.25 bits per heavy atom. The maximum Gasteiger partial charge on any atom is 0.224 e. The van der Waals surface area contributed by atoms with Crippen LogP contribution in [0.2, 0.25) is 0 Å². The summed E-state index contributed by atoms with van der Waals surface area (Å²) >= 11 is 0. The first-order chi connectivity index (χ1) is 7.28. The first-order valence-electron chi connectivity index (χ1n) is 6.32. The van der Waals surface area contributed by atoms with E-state index in [-0.39, 0.29) is 11.4 Å². The molecule has 3 nitrogen and oxygen atoms in total. The van der Waals surface area contributed by atoms with Crippen LogP contribution in [-0.4, -0.2) is 35.5 Å². The topological polar surface area (TPSA) is 32.3 Å². The molecule has 16 heavy (non-hydrogen) atoms. The molecule has 0 radical (unpaired) electrons. The molecule has 0 rings (SSSR count). The predicted octanol–water partition coefficient (Wildman–Crippen LogP) is 2.41. The van der Waals surface area contributed by atoms with Crippen molar-refractivity contribution in [3.8, 4) is 0 Å². The van der Waals surface area contributed by atoms with Gasteiger partial charge in [0.15, 0.2) is 0 Å². The highest BCUT2D eigenvalue weighted by molar-refractivity contribution is 5.76. The summed E-state index contributed by atoms with van der Waals surface area (Å²) in [5, 5.41) is 3.34. The molecule has 0 heterocycles. The highest BCUT2D eigenvalue weighted by Gasteiger charge is 2.16. The first kappa shape index (κ1) is 15.4. The van der Waals surface area contributed by atoms with Crippen molar-refractivity contribution in [1.82, 2.24) is 10.2 Å². The van der Waals surface area contributed by atoms with Gasteiger partial charge in [-0.15, -0.1) is 0 Å². The average Bonchev–Trinajstić information content (AvgIpc) is 2.11. The van der Waals surface area contributed by atoms with Crippen molar-refractivity contribution in [3.05, 3.63) is 0 Å². The Bertz CT molecular complexity index is 206. The second kappa shape index (κ2) is 6.89. The molecule has 0 atom stereocenters. The van der Waals surface area contributed by atoms with Crippen molar-refractivity contribution >= 4 is 5.91 Å². The predicted molar refractivity (Wildman–Crippen MR) is 69.5 cm³/mol. The van der Waals surface area contributed by atoms with Gasteiger partial charge in [-0.1, -0.05) is 6.92 Å². The van der Waals surface area contributed by atoms with Crippen LogP contribution in [0.25, 0.3) is 0 Å². The fraction of sp³-hybridized carbons (Fsp3) is 0.923. The number of carbonyl (C=O) groups excluding carboxylic acids is 1. The van der Waals surface area contributed by atoms with E-state index in [0.29, 0.717) is 12.5 Å². The number of hydrogen-bond acceptors (Lipinski definition) is 2. The van der Waals surface area contributed by atoms with E-state index in [0.717, 1.165) is 19.5 Å². The van der Waals surface area contributed by atoms with Crippen LogP contribution in [0.5, 0.6) is 0 Å². The Balaban J connectivity index is 4.02. The monoisotopic (exact) mass is 228 g/mol. The molecule has 0 aliphatic rings. The lowest BCUT2D eigenvalue weighted by Crippen LogP contribution is -2.41. The lowest BCUT2D eigenvalue weighted by atomic mass is 10.1. The summed E-state index contributed by atoms with van der Waals surface area (Å²) < 4.78 is 0. The number of amides is 1.